The van der Waals surface area contributed by atoms with Gasteiger partial charge in [-0.2, -0.15) is 0 Å². The van der Waals surface area contributed by atoms with Crippen molar-refractivity contribution < 1.29 is 14.5 Å². The van der Waals surface area contributed by atoms with E-state index in [2.05, 4.69) is 24.3 Å². The summed E-state index contributed by atoms with van der Waals surface area (Å²) in [6.07, 6.45) is 3.61. The average Bonchev–Trinajstić information content (AvgIpc) is 2.98. The minimum absolute atomic E-state index is 0.0705. The maximum Gasteiger partial charge on any atom is 0.292 e. The summed E-state index contributed by atoms with van der Waals surface area (Å²) in [6.45, 7) is 1.91. The van der Waals surface area contributed by atoms with Crippen LogP contribution in [0.1, 0.15) is 24.8 Å². The summed E-state index contributed by atoms with van der Waals surface area (Å²) in [5.41, 5.74) is 2.00. The molecular formula is C22H24ClN2O2+. The molecule has 0 radical (unpaired) electrons. The highest BCUT2D eigenvalue weighted by molar-refractivity contribution is 6.30. The van der Waals surface area contributed by atoms with Crippen molar-refractivity contribution in [2.75, 3.05) is 18.0 Å². The van der Waals surface area contributed by atoms with Crippen LogP contribution >= 0.6 is 11.6 Å². The van der Waals surface area contributed by atoms with E-state index in [1.165, 1.54) is 15.4 Å². The number of nitrogens with one attached hydrogen (secondary N) is 1. The molecule has 0 spiro atoms. The first-order chi connectivity index (χ1) is 13.1. The van der Waals surface area contributed by atoms with Crippen molar-refractivity contribution in [2.45, 2.75) is 31.7 Å². The Hall–Kier alpha value is -2.17. The van der Waals surface area contributed by atoms with Crippen LogP contribution in [0, 0.1) is 5.92 Å². The van der Waals surface area contributed by atoms with Gasteiger partial charge in [0.1, 0.15) is 0 Å². The van der Waals surface area contributed by atoms with Gasteiger partial charge in [-0.15, -0.1) is 0 Å². The lowest BCUT2D eigenvalue weighted by molar-refractivity contribution is -0.920. The van der Waals surface area contributed by atoms with Gasteiger partial charge in [0.2, 0.25) is 5.91 Å². The van der Waals surface area contributed by atoms with Crippen LogP contribution in [0.25, 0.3) is 0 Å². The Kier molecular flexibility index (Phi) is 5.28. The van der Waals surface area contributed by atoms with Crippen molar-refractivity contribution in [1.82, 2.24) is 0 Å². The normalized spacial score (nSPS) is 25.8. The number of likely N-dealkylation sites (tertiary alicyclic amines) is 1. The number of quaternary nitrogens is 1. The Morgan fingerprint density at radius 3 is 2.30 bits per heavy atom. The van der Waals surface area contributed by atoms with Gasteiger partial charge in [0, 0.05) is 5.02 Å². The maximum atomic E-state index is 12.9. The lowest BCUT2D eigenvalue weighted by atomic mass is 9.89. The van der Waals surface area contributed by atoms with Gasteiger partial charge in [-0.1, -0.05) is 41.9 Å². The van der Waals surface area contributed by atoms with Crippen molar-refractivity contribution in [3.05, 3.63) is 65.2 Å². The summed E-state index contributed by atoms with van der Waals surface area (Å²) in [5, 5.41) is 0.598. The molecule has 2 aromatic carbocycles. The third-order valence-corrected chi connectivity index (χ3v) is 6.09. The molecular weight excluding hydrogens is 360 g/mol. The molecule has 0 unspecified atom stereocenters. The highest BCUT2D eigenvalue weighted by Gasteiger charge is 2.46. The minimum Gasteiger partial charge on any atom is -0.324 e. The molecule has 2 aromatic rings. The van der Waals surface area contributed by atoms with E-state index in [0.717, 1.165) is 32.4 Å². The second-order valence-corrected chi connectivity index (χ2v) is 8.03. The van der Waals surface area contributed by atoms with Crippen LogP contribution in [0.3, 0.4) is 0 Å². The molecule has 1 N–H and O–H groups in total. The zero-order chi connectivity index (χ0) is 18.8. The second kappa shape index (κ2) is 7.83. The lowest BCUT2D eigenvalue weighted by Gasteiger charge is -2.32. The van der Waals surface area contributed by atoms with Gasteiger partial charge >= 0.3 is 0 Å². The number of benzene rings is 2. The summed E-state index contributed by atoms with van der Waals surface area (Å²) < 4.78 is 0. The van der Waals surface area contributed by atoms with E-state index in [9.17, 15) is 9.59 Å². The standard InChI is InChI=1S/C22H23ClN2O2/c23-18-6-8-19(9-7-18)25-21(26)15-20(22(25)27)24-12-10-17(11-13-24)14-16-4-2-1-3-5-16/h1-9,17,20H,10-15H2/p+1/t20-/m1/s1. The summed E-state index contributed by atoms with van der Waals surface area (Å²) in [4.78, 5) is 28.0. The van der Waals surface area contributed by atoms with Crippen LogP contribution in [0.15, 0.2) is 54.6 Å². The first-order valence-corrected chi connectivity index (χ1v) is 10.0. The second-order valence-electron chi connectivity index (χ2n) is 7.59. The van der Waals surface area contributed by atoms with E-state index in [-0.39, 0.29) is 17.9 Å². The maximum absolute atomic E-state index is 12.9. The summed E-state index contributed by atoms with van der Waals surface area (Å²) in [6, 6.07) is 17.2. The zero-order valence-electron chi connectivity index (χ0n) is 15.2. The first kappa shape index (κ1) is 18.2. The molecule has 0 aromatic heterocycles. The molecule has 2 fully saturated rings. The van der Waals surface area contributed by atoms with Crippen molar-refractivity contribution in [3.8, 4) is 0 Å². The van der Waals surface area contributed by atoms with E-state index in [1.54, 1.807) is 24.3 Å². The number of hydrogen-bond acceptors (Lipinski definition) is 2. The number of rotatable bonds is 4. The van der Waals surface area contributed by atoms with Gasteiger partial charge < -0.3 is 4.90 Å². The molecule has 2 aliphatic rings. The molecule has 2 amide bonds. The monoisotopic (exact) mass is 383 g/mol. The summed E-state index contributed by atoms with van der Waals surface area (Å²) >= 11 is 5.92. The molecule has 140 valence electrons. The third-order valence-electron chi connectivity index (χ3n) is 5.84. The van der Waals surface area contributed by atoms with Crippen molar-refractivity contribution in [2.24, 2.45) is 5.92 Å². The first-order valence-electron chi connectivity index (χ1n) is 9.62. The van der Waals surface area contributed by atoms with E-state index < -0.39 is 0 Å². The SMILES string of the molecule is O=C1C[C@@H]([NH+]2CCC(Cc3ccccc3)CC2)C(=O)N1c1ccc(Cl)cc1. The summed E-state index contributed by atoms with van der Waals surface area (Å²) in [5.74, 6) is 0.487. The fraction of sp³-hybridized carbons (Fsp3) is 0.364. The summed E-state index contributed by atoms with van der Waals surface area (Å²) in [7, 11) is 0. The number of carbonyl (C=O) groups is 2. The topological polar surface area (TPSA) is 41.8 Å². The predicted octanol–water partition coefficient (Wildman–Crippen LogP) is 2.51. The van der Waals surface area contributed by atoms with Gasteiger partial charge in [0.05, 0.1) is 25.2 Å². The van der Waals surface area contributed by atoms with Crippen LogP contribution in [0.2, 0.25) is 5.02 Å². The smallest absolute Gasteiger partial charge is 0.292 e. The Morgan fingerprint density at radius 1 is 0.963 bits per heavy atom. The molecule has 5 heteroatoms. The van der Waals surface area contributed by atoms with E-state index >= 15 is 0 Å². The predicted molar refractivity (Wildman–Crippen MR) is 106 cm³/mol. The third kappa shape index (κ3) is 3.92. The molecule has 0 bridgehead atoms. The van der Waals surface area contributed by atoms with Gasteiger partial charge in [-0.25, -0.2) is 4.90 Å². The van der Waals surface area contributed by atoms with Crippen LogP contribution in [0.5, 0.6) is 0 Å². The molecule has 1 atom stereocenters. The number of anilines is 1. The van der Waals surface area contributed by atoms with Crippen molar-refractivity contribution in [1.29, 1.82) is 0 Å². The molecule has 27 heavy (non-hydrogen) atoms. The fourth-order valence-electron chi connectivity index (χ4n) is 4.36. The number of imide groups is 1. The van der Waals surface area contributed by atoms with Gasteiger partial charge in [0.25, 0.3) is 5.91 Å². The van der Waals surface area contributed by atoms with Crippen LogP contribution < -0.4 is 9.80 Å². The lowest BCUT2D eigenvalue weighted by Crippen LogP contribution is -3.17. The quantitative estimate of drug-likeness (QED) is 0.824. The Balaban J connectivity index is 1.38. The van der Waals surface area contributed by atoms with Crippen LogP contribution in [-0.2, 0) is 16.0 Å². The molecule has 2 heterocycles. The highest BCUT2D eigenvalue weighted by atomic mass is 35.5. The number of nitrogens with zero attached hydrogens (tertiary/aromatic N) is 1. The molecule has 4 nitrogen and oxygen atoms in total. The van der Waals surface area contributed by atoms with Gasteiger partial charge in [-0.3, -0.25) is 9.59 Å². The Morgan fingerprint density at radius 2 is 1.63 bits per heavy atom. The molecule has 2 saturated heterocycles. The van der Waals surface area contributed by atoms with Crippen LogP contribution in [0.4, 0.5) is 5.69 Å². The van der Waals surface area contributed by atoms with E-state index in [4.69, 9.17) is 11.6 Å². The number of amides is 2. The van der Waals surface area contributed by atoms with E-state index in [0.29, 0.717) is 23.0 Å². The zero-order valence-corrected chi connectivity index (χ0v) is 16.0. The Bertz CT molecular complexity index is 814. The number of carbonyl (C=O) groups excluding carboxylic acids is 2. The average molecular weight is 384 g/mol. The van der Waals surface area contributed by atoms with Crippen LogP contribution in [-0.4, -0.2) is 30.9 Å². The van der Waals surface area contributed by atoms with Crippen molar-refractivity contribution in [3.63, 3.8) is 0 Å². The van der Waals surface area contributed by atoms with Gasteiger partial charge in [-0.05, 0) is 55.0 Å². The number of piperidine rings is 1. The Labute approximate surface area is 164 Å². The molecule has 0 saturated carbocycles. The molecule has 4 rings (SSSR count). The fourth-order valence-corrected chi connectivity index (χ4v) is 4.49. The largest absolute Gasteiger partial charge is 0.324 e. The minimum atomic E-state index is -0.245. The highest BCUT2D eigenvalue weighted by Crippen LogP contribution is 2.24. The molecule has 2 aliphatic heterocycles. The van der Waals surface area contributed by atoms with Gasteiger partial charge in [0.15, 0.2) is 6.04 Å². The number of hydrogen-bond donors (Lipinski definition) is 1. The van der Waals surface area contributed by atoms with Crippen molar-refractivity contribution >= 4 is 29.1 Å². The number of halogens is 1. The van der Waals surface area contributed by atoms with E-state index in [1.807, 2.05) is 6.07 Å². The molecule has 0 aliphatic carbocycles.